The molecular weight excluding hydrogens is 376 g/mol. The van der Waals surface area contributed by atoms with Gasteiger partial charge in [0.1, 0.15) is 0 Å². The Balaban J connectivity index is 1.49. The van der Waals surface area contributed by atoms with E-state index < -0.39 is 0 Å². The molecule has 2 aromatic heterocycles. The third kappa shape index (κ3) is 4.26. The average molecular weight is 395 g/mol. The quantitative estimate of drug-likeness (QED) is 0.712. The summed E-state index contributed by atoms with van der Waals surface area (Å²) in [6.07, 6.45) is 8.69. The number of nitrogens with zero attached hydrogens (tertiary/aromatic N) is 5. The molecule has 1 fully saturated rings. The number of benzene rings is 1. The predicted molar refractivity (Wildman–Crippen MR) is 106 cm³/mol. The second kappa shape index (κ2) is 8.31. The maximum atomic E-state index is 12.9. The molecule has 1 N–H and O–H groups in total. The Labute approximate surface area is 167 Å². The minimum atomic E-state index is -0.0507. The van der Waals surface area contributed by atoms with E-state index in [0.29, 0.717) is 23.2 Å². The number of carbonyl (C=O) groups is 1. The Morgan fingerprint density at radius 2 is 2.00 bits per heavy atom. The first-order valence-electron chi connectivity index (χ1n) is 9.09. The van der Waals surface area contributed by atoms with Crippen LogP contribution in [0, 0.1) is 0 Å². The fourth-order valence-electron chi connectivity index (χ4n) is 3.35. The van der Waals surface area contributed by atoms with Gasteiger partial charge in [-0.3, -0.25) is 9.78 Å². The van der Waals surface area contributed by atoms with Crippen molar-refractivity contribution in [2.45, 2.75) is 25.3 Å². The zero-order valence-electron chi connectivity index (χ0n) is 15.1. The number of anilines is 2. The number of halogens is 1. The Hall–Kier alpha value is -3.06. The summed E-state index contributed by atoms with van der Waals surface area (Å²) < 4.78 is 0. The number of carbonyl (C=O) groups excluding carboxylic acids is 1. The van der Waals surface area contributed by atoms with Crippen LogP contribution in [0.2, 0.25) is 5.02 Å². The van der Waals surface area contributed by atoms with Gasteiger partial charge in [-0.2, -0.15) is 0 Å². The van der Waals surface area contributed by atoms with Gasteiger partial charge in [-0.25, -0.2) is 15.0 Å². The van der Waals surface area contributed by atoms with Crippen molar-refractivity contribution in [2.75, 3.05) is 11.9 Å². The SMILES string of the molecule is O=C(Cc1ccc(Cl)cc1)N1CCCC1c1ccnc(Nc2cnccn2)n1. The summed E-state index contributed by atoms with van der Waals surface area (Å²) in [5.74, 6) is 1.10. The van der Waals surface area contributed by atoms with E-state index in [1.807, 2.05) is 23.1 Å². The van der Waals surface area contributed by atoms with Gasteiger partial charge in [0.25, 0.3) is 0 Å². The van der Waals surface area contributed by atoms with E-state index in [-0.39, 0.29) is 11.9 Å². The van der Waals surface area contributed by atoms with Gasteiger partial charge in [0.2, 0.25) is 11.9 Å². The molecular formula is C20H19ClN6O. The molecule has 7 nitrogen and oxygen atoms in total. The molecule has 0 radical (unpaired) electrons. The smallest absolute Gasteiger partial charge is 0.228 e. The molecule has 3 heterocycles. The van der Waals surface area contributed by atoms with Gasteiger partial charge in [-0.05, 0) is 36.6 Å². The third-order valence-corrected chi connectivity index (χ3v) is 4.92. The molecule has 8 heteroatoms. The molecule has 0 bridgehead atoms. The van der Waals surface area contributed by atoms with E-state index in [2.05, 4.69) is 25.3 Å². The summed E-state index contributed by atoms with van der Waals surface area (Å²) in [5, 5.41) is 3.71. The normalized spacial score (nSPS) is 16.2. The lowest BCUT2D eigenvalue weighted by Gasteiger charge is -2.24. The molecule has 142 valence electrons. The summed E-state index contributed by atoms with van der Waals surface area (Å²) in [7, 11) is 0. The fraction of sp³-hybridized carbons (Fsp3) is 0.250. The van der Waals surface area contributed by atoms with Gasteiger partial charge in [0.05, 0.1) is 24.4 Å². The van der Waals surface area contributed by atoms with Crippen molar-refractivity contribution in [1.82, 2.24) is 24.8 Å². The second-order valence-electron chi connectivity index (χ2n) is 6.57. The predicted octanol–water partition coefficient (Wildman–Crippen LogP) is 3.57. The highest BCUT2D eigenvalue weighted by molar-refractivity contribution is 6.30. The fourth-order valence-corrected chi connectivity index (χ4v) is 3.47. The van der Waals surface area contributed by atoms with Crippen LogP contribution in [-0.4, -0.2) is 37.3 Å². The van der Waals surface area contributed by atoms with Crippen molar-refractivity contribution in [3.05, 3.63) is 71.4 Å². The van der Waals surface area contributed by atoms with Crippen LogP contribution in [0.5, 0.6) is 0 Å². The number of nitrogens with one attached hydrogen (secondary N) is 1. The molecule has 0 saturated carbocycles. The van der Waals surface area contributed by atoms with Crippen LogP contribution < -0.4 is 5.32 Å². The number of hydrogen-bond donors (Lipinski definition) is 1. The van der Waals surface area contributed by atoms with Crippen LogP contribution in [0.25, 0.3) is 0 Å². The highest BCUT2D eigenvalue weighted by Crippen LogP contribution is 2.31. The average Bonchev–Trinajstić information content (AvgIpc) is 3.21. The van der Waals surface area contributed by atoms with Crippen LogP contribution in [-0.2, 0) is 11.2 Å². The molecule has 1 saturated heterocycles. The van der Waals surface area contributed by atoms with E-state index in [0.717, 1.165) is 30.6 Å². The molecule has 3 aromatic rings. The van der Waals surface area contributed by atoms with Crippen LogP contribution in [0.15, 0.2) is 55.1 Å². The van der Waals surface area contributed by atoms with Crippen molar-refractivity contribution in [3.63, 3.8) is 0 Å². The van der Waals surface area contributed by atoms with E-state index in [9.17, 15) is 4.79 Å². The van der Waals surface area contributed by atoms with Gasteiger partial charge in [0, 0.05) is 30.2 Å². The zero-order chi connectivity index (χ0) is 19.3. The van der Waals surface area contributed by atoms with Crippen LogP contribution >= 0.6 is 11.6 Å². The molecule has 1 aromatic carbocycles. The number of amides is 1. The first kappa shape index (κ1) is 18.3. The maximum Gasteiger partial charge on any atom is 0.228 e. The summed E-state index contributed by atoms with van der Waals surface area (Å²) in [4.78, 5) is 31.8. The van der Waals surface area contributed by atoms with Gasteiger partial charge in [-0.15, -0.1) is 0 Å². The lowest BCUT2D eigenvalue weighted by Crippen LogP contribution is -2.32. The van der Waals surface area contributed by atoms with Gasteiger partial charge in [0.15, 0.2) is 5.82 Å². The molecule has 0 aliphatic carbocycles. The van der Waals surface area contributed by atoms with E-state index in [1.54, 1.807) is 36.9 Å². The first-order chi connectivity index (χ1) is 13.7. The number of hydrogen-bond acceptors (Lipinski definition) is 6. The Morgan fingerprint density at radius 3 is 2.79 bits per heavy atom. The standard InChI is InChI=1S/C20H19ClN6O/c21-15-5-3-14(4-6-15)12-19(28)27-11-1-2-17(27)16-7-8-24-20(25-16)26-18-13-22-9-10-23-18/h3-10,13,17H,1-2,11-12H2,(H,23,24,25,26). The van der Waals surface area contributed by atoms with Gasteiger partial charge < -0.3 is 10.2 Å². The Morgan fingerprint density at radius 1 is 1.14 bits per heavy atom. The molecule has 0 spiro atoms. The molecule has 1 atom stereocenters. The third-order valence-electron chi connectivity index (χ3n) is 4.66. The zero-order valence-corrected chi connectivity index (χ0v) is 15.9. The molecule has 4 rings (SSSR count). The molecule has 28 heavy (non-hydrogen) atoms. The maximum absolute atomic E-state index is 12.9. The van der Waals surface area contributed by atoms with Crippen molar-refractivity contribution >= 4 is 29.3 Å². The van der Waals surface area contributed by atoms with Crippen LogP contribution in [0.1, 0.15) is 30.1 Å². The van der Waals surface area contributed by atoms with Gasteiger partial charge in [-0.1, -0.05) is 23.7 Å². The van der Waals surface area contributed by atoms with E-state index in [4.69, 9.17) is 11.6 Å². The largest absolute Gasteiger partial charge is 0.334 e. The van der Waals surface area contributed by atoms with Crippen molar-refractivity contribution < 1.29 is 4.79 Å². The van der Waals surface area contributed by atoms with Crippen LogP contribution in [0.4, 0.5) is 11.8 Å². The first-order valence-corrected chi connectivity index (χ1v) is 9.47. The summed E-state index contributed by atoms with van der Waals surface area (Å²) in [5.41, 5.74) is 1.77. The van der Waals surface area contributed by atoms with Crippen molar-refractivity contribution in [2.24, 2.45) is 0 Å². The number of aromatic nitrogens is 4. The Bertz CT molecular complexity index is 950. The van der Waals surface area contributed by atoms with Gasteiger partial charge >= 0.3 is 0 Å². The van der Waals surface area contributed by atoms with Crippen molar-refractivity contribution in [3.8, 4) is 0 Å². The summed E-state index contributed by atoms with van der Waals surface area (Å²) >= 11 is 5.93. The Kier molecular flexibility index (Phi) is 5.43. The lowest BCUT2D eigenvalue weighted by atomic mass is 10.1. The highest BCUT2D eigenvalue weighted by atomic mass is 35.5. The summed E-state index contributed by atoms with van der Waals surface area (Å²) in [6.45, 7) is 0.730. The van der Waals surface area contributed by atoms with Crippen LogP contribution in [0.3, 0.4) is 0 Å². The number of rotatable bonds is 5. The lowest BCUT2D eigenvalue weighted by molar-refractivity contribution is -0.131. The molecule has 1 aliphatic rings. The minimum absolute atomic E-state index is 0.0507. The minimum Gasteiger partial charge on any atom is -0.334 e. The number of likely N-dealkylation sites (tertiary alicyclic amines) is 1. The van der Waals surface area contributed by atoms with E-state index >= 15 is 0 Å². The molecule has 1 unspecified atom stereocenters. The van der Waals surface area contributed by atoms with Crippen molar-refractivity contribution in [1.29, 1.82) is 0 Å². The topological polar surface area (TPSA) is 83.9 Å². The highest BCUT2D eigenvalue weighted by Gasteiger charge is 2.31. The summed E-state index contributed by atoms with van der Waals surface area (Å²) in [6, 6.07) is 9.20. The molecule has 1 amide bonds. The second-order valence-corrected chi connectivity index (χ2v) is 7.01. The molecule has 1 aliphatic heterocycles. The van der Waals surface area contributed by atoms with E-state index in [1.165, 1.54) is 0 Å². The monoisotopic (exact) mass is 394 g/mol.